The quantitative estimate of drug-likeness (QED) is 0.0128. The zero-order valence-corrected chi connectivity index (χ0v) is 49.5. The van der Waals surface area contributed by atoms with Gasteiger partial charge >= 0.3 is 0 Å². The number of aliphatic imine (C=N–C) groups is 1. The Morgan fingerprint density at radius 3 is 1.93 bits per heavy atom. The van der Waals surface area contributed by atoms with Crippen LogP contribution in [-0.4, -0.2) is 184 Å². The highest BCUT2D eigenvalue weighted by atomic mass is 16.3. The van der Waals surface area contributed by atoms with Crippen molar-refractivity contribution in [1.82, 2.24) is 57.7 Å². The van der Waals surface area contributed by atoms with Gasteiger partial charge in [-0.15, -0.1) is 0 Å². The van der Waals surface area contributed by atoms with Gasteiger partial charge in [0.05, 0.1) is 24.7 Å². The maximum atomic E-state index is 14.2. The average molecular weight is 1210 g/mol. The molecular formula is C59H83N15O13. The Labute approximate surface area is 503 Å². The van der Waals surface area contributed by atoms with Crippen LogP contribution in [0, 0.1) is 5.92 Å². The maximum Gasteiger partial charge on any atom is 0.246 e. The number of aliphatic hydroxyl groups excluding tert-OH is 2. The number of hydrogen-bond donors (Lipinski definition) is 16. The molecule has 28 nitrogen and oxygen atoms in total. The number of hydrogen-bond acceptors (Lipinski definition) is 15. The van der Waals surface area contributed by atoms with Crippen LogP contribution < -0.4 is 65.1 Å². The summed E-state index contributed by atoms with van der Waals surface area (Å²) in [6, 6.07) is 11.1. The first-order valence-electron chi connectivity index (χ1n) is 28.7. The second kappa shape index (κ2) is 33.5. The molecule has 0 aliphatic carbocycles. The van der Waals surface area contributed by atoms with Gasteiger partial charge in [-0.1, -0.05) is 74.5 Å². The molecule has 1 aliphatic rings. The molecule has 472 valence electrons. The smallest absolute Gasteiger partial charge is 0.246 e. The van der Waals surface area contributed by atoms with Crippen LogP contribution in [0.25, 0.3) is 10.9 Å². The molecule has 0 saturated carbocycles. The van der Waals surface area contributed by atoms with Crippen LogP contribution >= 0.6 is 0 Å². The Balaban J connectivity index is 1.25. The molecule has 3 aromatic carbocycles. The molecule has 19 N–H and O–H groups in total. The molecule has 1 saturated heterocycles. The normalized spacial score (nSPS) is 16.8. The fourth-order valence-corrected chi connectivity index (χ4v) is 9.95. The topological polar surface area (TPSA) is 449 Å². The third-order valence-corrected chi connectivity index (χ3v) is 14.4. The molecule has 0 radical (unpaired) electrons. The fourth-order valence-electron chi connectivity index (χ4n) is 9.95. The lowest BCUT2D eigenvalue weighted by molar-refractivity contribution is -0.142. The van der Waals surface area contributed by atoms with Crippen molar-refractivity contribution in [2.24, 2.45) is 28.1 Å². The number of para-hydroxylation sites is 1. The number of fused-ring (bicyclic) bond motifs is 1. The number of aromatic hydroxyl groups is 1. The molecule has 1 aromatic heterocycles. The van der Waals surface area contributed by atoms with Crippen LogP contribution in [0.1, 0.15) is 76.5 Å². The summed E-state index contributed by atoms with van der Waals surface area (Å²) >= 11 is 0. The van der Waals surface area contributed by atoms with Gasteiger partial charge in [-0.2, -0.15) is 0 Å². The summed E-state index contributed by atoms with van der Waals surface area (Å²) in [5.41, 5.74) is 19.8. The van der Waals surface area contributed by atoms with Gasteiger partial charge < -0.3 is 90.3 Å². The van der Waals surface area contributed by atoms with E-state index in [1.54, 1.807) is 36.5 Å². The zero-order chi connectivity index (χ0) is 63.9. The molecule has 28 heteroatoms. The van der Waals surface area contributed by atoms with Crippen LogP contribution in [0.5, 0.6) is 5.75 Å². The highest BCUT2D eigenvalue weighted by Crippen LogP contribution is 2.23. The van der Waals surface area contributed by atoms with Crippen molar-refractivity contribution >= 4 is 75.9 Å². The second-order valence-corrected chi connectivity index (χ2v) is 21.9. The van der Waals surface area contributed by atoms with E-state index < -0.39 is 126 Å². The largest absolute Gasteiger partial charge is 0.508 e. The SMILES string of the molecule is CN=C(N)NCCC[C@H](NC(=O)[C@H](CC(C)C)NCCNC(=O)[C@H](Cc1ccccc1)NC(=O)[C@@H](NC(=O)[C@H](CC(N)=O)NC(=O)[C@@H]1C[C@@H](O)CN1C(=O)[C@@H](Cc1ccc(O)cc1)NC(C)=O)[C@@H](C)O)C(=O)N[C@@H](Cc1c[nH]c2ccccc12)C(N)=O. The van der Waals surface area contributed by atoms with Crippen molar-refractivity contribution in [1.29, 1.82) is 0 Å². The van der Waals surface area contributed by atoms with E-state index in [9.17, 15) is 63.3 Å². The number of phenols is 1. The van der Waals surface area contributed by atoms with Gasteiger partial charge in [0.1, 0.15) is 48.0 Å². The molecule has 1 fully saturated rings. The molecule has 2 heterocycles. The van der Waals surface area contributed by atoms with E-state index in [2.05, 4.69) is 57.8 Å². The molecule has 10 amide bonds. The highest BCUT2D eigenvalue weighted by Gasteiger charge is 2.43. The lowest BCUT2D eigenvalue weighted by Gasteiger charge is -2.30. The van der Waals surface area contributed by atoms with Crippen LogP contribution in [0.4, 0.5) is 0 Å². The van der Waals surface area contributed by atoms with Crippen LogP contribution in [0.15, 0.2) is 90.1 Å². The minimum absolute atomic E-state index is 0.00803. The zero-order valence-electron chi connectivity index (χ0n) is 49.5. The minimum atomic E-state index is -1.80. The lowest BCUT2D eigenvalue weighted by Crippen LogP contribution is -2.61. The summed E-state index contributed by atoms with van der Waals surface area (Å²) in [6.07, 6.45) is -1.56. The summed E-state index contributed by atoms with van der Waals surface area (Å²) in [6.45, 7) is 6.03. The number of guanidine groups is 1. The van der Waals surface area contributed by atoms with Gasteiger partial charge in [-0.05, 0) is 67.0 Å². The Morgan fingerprint density at radius 2 is 1.29 bits per heavy atom. The standard InChI is InChI=1S/C59H83N15O13/c1-32(2)24-44(54(83)69-42(16-11-21-66-59(62)63-5)53(82)70-43(51(61)80)27-37-30-67-41-15-10-9-14-40(37)41)64-22-23-65-52(81)45(25-35-12-7-6-8-13-35)72-57(86)50(33(3)75)73-55(84)46(29-49(60)79)71-56(85)48-28-39(78)31-74(48)58(87)47(68-34(4)76)26-36-17-19-38(77)20-18-36/h6-10,12-15,17-20,30,32-33,39,42-48,50,64,67,75,77-78H,11,16,21-29,31H2,1-5H3,(H2,60,79)(H2,61,80)(H,65,81)(H,68,76)(H,69,83)(H,70,82)(H,71,85)(H,72,86)(H,73,84)(H3,62,63,66)/t33-,39-,42+,43+,44+,45+,46+,47-,48+,50+/m1/s1. The third-order valence-electron chi connectivity index (χ3n) is 14.4. The number of β-amino-alcohol motifs (C(OH)–C–C–N with tert-alkyl or cyclic N) is 1. The number of amides is 10. The molecule has 0 unspecified atom stereocenters. The number of aliphatic hydroxyl groups is 2. The van der Waals surface area contributed by atoms with E-state index in [4.69, 9.17) is 17.2 Å². The molecule has 4 aromatic rings. The van der Waals surface area contributed by atoms with Crippen molar-refractivity contribution in [3.05, 3.63) is 102 Å². The van der Waals surface area contributed by atoms with Crippen molar-refractivity contribution in [2.45, 2.75) is 140 Å². The number of likely N-dealkylation sites (tertiary alicyclic amines) is 1. The molecule has 5 rings (SSSR count). The Morgan fingerprint density at radius 1 is 0.667 bits per heavy atom. The van der Waals surface area contributed by atoms with Gasteiger partial charge in [-0.3, -0.25) is 52.9 Å². The van der Waals surface area contributed by atoms with E-state index in [1.165, 1.54) is 45.2 Å². The number of aromatic nitrogens is 1. The predicted molar refractivity (Wildman–Crippen MR) is 321 cm³/mol. The summed E-state index contributed by atoms with van der Waals surface area (Å²) in [4.78, 5) is 144. The number of phenolic OH excluding ortho intramolecular Hbond substituents is 1. The number of primary amides is 2. The monoisotopic (exact) mass is 1210 g/mol. The number of carbonyl (C=O) groups excluding carboxylic acids is 10. The van der Waals surface area contributed by atoms with E-state index in [0.29, 0.717) is 24.1 Å². The Kier molecular flexibility index (Phi) is 26.4. The van der Waals surface area contributed by atoms with E-state index in [0.717, 1.165) is 21.4 Å². The maximum absolute atomic E-state index is 14.2. The predicted octanol–water partition coefficient (Wildman–Crippen LogP) is -3.03. The van der Waals surface area contributed by atoms with Gasteiger partial charge in [0.25, 0.3) is 0 Å². The lowest BCUT2D eigenvalue weighted by atomic mass is 10.0. The molecule has 0 spiro atoms. The molecule has 10 atom stereocenters. The van der Waals surface area contributed by atoms with Crippen molar-refractivity contribution in [3.63, 3.8) is 0 Å². The van der Waals surface area contributed by atoms with Crippen LogP contribution in [0.3, 0.4) is 0 Å². The molecular weight excluding hydrogens is 1130 g/mol. The van der Waals surface area contributed by atoms with Crippen molar-refractivity contribution in [2.75, 3.05) is 33.2 Å². The number of nitrogens with two attached hydrogens (primary N) is 3. The van der Waals surface area contributed by atoms with Gasteiger partial charge in [-0.25, -0.2) is 0 Å². The second-order valence-electron chi connectivity index (χ2n) is 21.9. The van der Waals surface area contributed by atoms with E-state index >= 15 is 0 Å². The van der Waals surface area contributed by atoms with E-state index in [1.807, 2.05) is 38.1 Å². The summed E-state index contributed by atoms with van der Waals surface area (Å²) < 4.78 is 0. The Bertz CT molecular complexity index is 3050. The number of nitrogens with one attached hydrogen (secondary N) is 10. The molecule has 87 heavy (non-hydrogen) atoms. The number of benzene rings is 3. The first-order valence-corrected chi connectivity index (χ1v) is 28.7. The highest BCUT2D eigenvalue weighted by molar-refractivity contribution is 5.99. The number of rotatable bonds is 33. The summed E-state index contributed by atoms with van der Waals surface area (Å²) in [7, 11) is 1.51. The first-order chi connectivity index (χ1) is 41.3. The van der Waals surface area contributed by atoms with Crippen LogP contribution in [0.2, 0.25) is 0 Å². The molecule has 0 bridgehead atoms. The Hall–Kier alpha value is -9.15. The average Bonchev–Trinajstić information content (AvgIpc) is 3.52. The molecule has 1 aliphatic heterocycles. The van der Waals surface area contributed by atoms with Crippen molar-refractivity contribution < 1.29 is 63.3 Å². The number of carbonyl (C=O) groups is 10. The number of H-pyrrole nitrogens is 1. The fraction of sp³-hybridized carbons (Fsp3) is 0.475. The number of aromatic amines is 1. The van der Waals surface area contributed by atoms with Gasteiger partial charge in [0, 0.05) is 82.9 Å². The van der Waals surface area contributed by atoms with Gasteiger partial charge in [0.2, 0.25) is 59.1 Å². The van der Waals surface area contributed by atoms with Crippen LogP contribution in [-0.2, 0) is 67.2 Å². The number of nitrogens with zero attached hydrogens (tertiary/aromatic N) is 2. The van der Waals surface area contributed by atoms with Crippen molar-refractivity contribution in [3.8, 4) is 5.75 Å². The minimum Gasteiger partial charge on any atom is -0.508 e. The first kappa shape index (κ1) is 68.6. The third kappa shape index (κ3) is 21.7. The summed E-state index contributed by atoms with van der Waals surface area (Å²) in [5.74, 6) is -8.18. The van der Waals surface area contributed by atoms with Gasteiger partial charge in [0.15, 0.2) is 5.96 Å². The van der Waals surface area contributed by atoms with E-state index in [-0.39, 0.29) is 75.8 Å². The summed E-state index contributed by atoms with van der Waals surface area (Å²) in [5, 5.41) is 56.5.